The van der Waals surface area contributed by atoms with Crippen LogP contribution in [0, 0.1) is 0 Å². The predicted octanol–water partition coefficient (Wildman–Crippen LogP) is 2.64. The third-order valence-corrected chi connectivity index (χ3v) is 6.71. The largest absolute Gasteiger partial charge is 0.497 e. The number of amides is 1. The molecule has 0 atom stereocenters. The van der Waals surface area contributed by atoms with Crippen LogP contribution < -0.4 is 20.5 Å². The number of fused-ring (bicyclic) bond motifs is 5. The van der Waals surface area contributed by atoms with Crippen molar-refractivity contribution in [2.75, 3.05) is 19.5 Å². The van der Waals surface area contributed by atoms with Crippen molar-refractivity contribution in [3.8, 4) is 11.5 Å². The van der Waals surface area contributed by atoms with Gasteiger partial charge in [0.25, 0.3) is 0 Å². The Morgan fingerprint density at radius 1 is 1.23 bits per heavy atom. The SMILES string of the molecule is COc1ccc(NC(=O)Cn2nc3c4c5c(sc4ncn3c2=O)CCCC5)c(OC)c1. The number of ether oxygens (including phenoxy) is 2. The Bertz CT molecular complexity index is 1370. The van der Waals surface area contributed by atoms with Gasteiger partial charge in [0, 0.05) is 10.9 Å². The number of hydrogen-bond donors (Lipinski definition) is 1. The summed E-state index contributed by atoms with van der Waals surface area (Å²) in [5.74, 6) is 0.693. The molecular weight excluding hydrogens is 418 g/mol. The monoisotopic (exact) mass is 439 g/mol. The summed E-state index contributed by atoms with van der Waals surface area (Å²) in [6.07, 6.45) is 5.80. The summed E-state index contributed by atoms with van der Waals surface area (Å²) in [5, 5.41) is 8.21. The second kappa shape index (κ2) is 7.69. The molecule has 160 valence electrons. The molecule has 0 saturated heterocycles. The van der Waals surface area contributed by atoms with Gasteiger partial charge < -0.3 is 14.8 Å². The Hall–Kier alpha value is -3.40. The molecule has 0 radical (unpaired) electrons. The van der Waals surface area contributed by atoms with Crippen LogP contribution in [0.4, 0.5) is 5.69 Å². The number of thiophene rings is 1. The molecule has 4 aromatic rings. The van der Waals surface area contributed by atoms with Crippen molar-refractivity contribution >= 4 is 38.8 Å². The van der Waals surface area contributed by atoms with Gasteiger partial charge in [0.15, 0.2) is 5.65 Å². The molecule has 1 N–H and O–H groups in total. The summed E-state index contributed by atoms with van der Waals surface area (Å²) in [5.41, 5.74) is 1.90. The Morgan fingerprint density at radius 3 is 2.87 bits per heavy atom. The minimum absolute atomic E-state index is 0.219. The van der Waals surface area contributed by atoms with E-state index in [0.29, 0.717) is 22.8 Å². The zero-order valence-electron chi connectivity index (χ0n) is 17.2. The number of aromatic nitrogens is 4. The fraction of sp³-hybridized carbons (Fsp3) is 0.333. The average molecular weight is 439 g/mol. The van der Waals surface area contributed by atoms with Gasteiger partial charge >= 0.3 is 5.69 Å². The van der Waals surface area contributed by atoms with E-state index in [-0.39, 0.29) is 12.5 Å². The molecule has 0 aliphatic heterocycles. The summed E-state index contributed by atoms with van der Waals surface area (Å²) in [4.78, 5) is 32.2. The third kappa shape index (κ3) is 3.32. The van der Waals surface area contributed by atoms with Gasteiger partial charge in [-0.15, -0.1) is 16.4 Å². The maximum Gasteiger partial charge on any atom is 0.352 e. The van der Waals surface area contributed by atoms with E-state index in [1.807, 2.05) is 0 Å². The highest BCUT2D eigenvalue weighted by molar-refractivity contribution is 7.19. The van der Waals surface area contributed by atoms with E-state index >= 15 is 0 Å². The van der Waals surface area contributed by atoms with Crippen LogP contribution in [-0.2, 0) is 24.2 Å². The lowest BCUT2D eigenvalue weighted by Crippen LogP contribution is -2.28. The molecule has 5 rings (SSSR count). The van der Waals surface area contributed by atoms with Crippen molar-refractivity contribution in [1.29, 1.82) is 0 Å². The zero-order valence-corrected chi connectivity index (χ0v) is 18.0. The number of nitrogens with zero attached hydrogens (tertiary/aromatic N) is 4. The van der Waals surface area contributed by atoms with Crippen LogP contribution in [0.2, 0.25) is 0 Å². The quantitative estimate of drug-likeness (QED) is 0.513. The standard InChI is InChI=1S/C21H21N5O4S/c1-29-12-7-8-14(15(9-12)30-2)23-17(27)10-26-21(28)25-11-22-20-18(19(25)24-26)13-5-3-4-6-16(13)31-20/h7-9,11H,3-6,10H2,1-2H3,(H,23,27). The summed E-state index contributed by atoms with van der Waals surface area (Å²) in [7, 11) is 3.07. The second-order valence-electron chi connectivity index (χ2n) is 7.38. The predicted molar refractivity (Wildman–Crippen MR) is 117 cm³/mol. The average Bonchev–Trinajstić information content (AvgIpc) is 3.31. The number of aryl methyl sites for hydroxylation is 2. The zero-order chi connectivity index (χ0) is 21.5. The number of carbonyl (C=O) groups excluding carboxylic acids is 1. The van der Waals surface area contributed by atoms with Gasteiger partial charge in [-0.1, -0.05) is 0 Å². The van der Waals surface area contributed by atoms with E-state index < -0.39 is 5.69 Å². The molecule has 0 saturated carbocycles. The molecular formula is C21H21N5O4S. The van der Waals surface area contributed by atoms with Gasteiger partial charge in [0.1, 0.15) is 29.2 Å². The Labute approximate surface area is 181 Å². The lowest BCUT2D eigenvalue weighted by molar-refractivity contribution is -0.117. The van der Waals surface area contributed by atoms with E-state index in [0.717, 1.165) is 29.5 Å². The van der Waals surface area contributed by atoms with Crippen molar-refractivity contribution in [2.24, 2.45) is 0 Å². The molecule has 1 aromatic carbocycles. The summed E-state index contributed by atoms with van der Waals surface area (Å²) in [6.45, 7) is -0.219. The van der Waals surface area contributed by atoms with Crippen LogP contribution in [-0.4, -0.2) is 39.3 Å². The van der Waals surface area contributed by atoms with Crippen molar-refractivity contribution in [2.45, 2.75) is 32.2 Å². The molecule has 0 unspecified atom stereocenters. The van der Waals surface area contributed by atoms with E-state index in [2.05, 4.69) is 15.4 Å². The minimum Gasteiger partial charge on any atom is -0.497 e. The number of methoxy groups -OCH3 is 2. The minimum atomic E-state index is -0.392. The van der Waals surface area contributed by atoms with Crippen LogP contribution in [0.15, 0.2) is 29.3 Å². The molecule has 0 spiro atoms. The van der Waals surface area contributed by atoms with Crippen molar-refractivity contribution in [1.82, 2.24) is 19.2 Å². The first kappa shape index (κ1) is 19.6. The highest BCUT2D eigenvalue weighted by Gasteiger charge is 2.22. The first-order chi connectivity index (χ1) is 15.1. The van der Waals surface area contributed by atoms with Gasteiger partial charge in [-0.05, 0) is 43.4 Å². The maximum atomic E-state index is 12.9. The molecule has 1 aliphatic rings. The van der Waals surface area contributed by atoms with Crippen LogP contribution in [0.3, 0.4) is 0 Å². The van der Waals surface area contributed by atoms with Crippen LogP contribution >= 0.6 is 11.3 Å². The van der Waals surface area contributed by atoms with Crippen LogP contribution in [0.5, 0.6) is 11.5 Å². The molecule has 1 aliphatic carbocycles. The molecule has 10 heteroatoms. The topological polar surface area (TPSA) is 99.7 Å². The molecule has 3 heterocycles. The lowest BCUT2D eigenvalue weighted by atomic mass is 9.97. The van der Waals surface area contributed by atoms with E-state index in [1.165, 1.54) is 39.4 Å². The molecule has 0 bridgehead atoms. The van der Waals surface area contributed by atoms with E-state index in [1.54, 1.807) is 36.6 Å². The van der Waals surface area contributed by atoms with Gasteiger partial charge in [0.05, 0.1) is 25.3 Å². The van der Waals surface area contributed by atoms with Gasteiger partial charge in [-0.2, -0.15) is 0 Å². The Morgan fingerprint density at radius 2 is 2.06 bits per heavy atom. The molecule has 0 fully saturated rings. The van der Waals surface area contributed by atoms with Gasteiger partial charge in [0.2, 0.25) is 5.91 Å². The number of hydrogen-bond acceptors (Lipinski definition) is 7. The third-order valence-electron chi connectivity index (χ3n) is 5.51. The van der Waals surface area contributed by atoms with Crippen LogP contribution in [0.25, 0.3) is 15.9 Å². The fourth-order valence-electron chi connectivity index (χ4n) is 4.01. The Balaban J connectivity index is 1.48. The molecule has 9 nitrogen and oxygen atoms in total. The van der Waals surface area contributed by atoms with E-state index in [9.17, 15) is 9.59 Å². The smallest absolute Gasteiger partial charge is 0.352 e. The summed E-state index contributed by atoms with van der Waals surface area (Å²) < 4.78 is 13.1. The highest BCUT2D eigenvalue weighted by atomic mass is 32.1. The van der Waals surface area contributed by atoms with Crippen LogP contribution in [0.1, 0.15) is 23.3 Å². The van der Waals surface area contributed by atoms with E-state index in [4.69, 9.17) is 9.47 Å². The molecule has 31 heavy (non-hydrogen) atoms. The van der Waals surface area contributed by atoms with Gasteiger partial charge in [-0.3, -0.25) is 4.79 Å². The normalized spacial score (nSPS) is 13.4. The van der Waals surface area contributed by atoms with Gasteiger partial charge in [-0.25, -0.2) is 18.9 Å². The lowest BCUT2D eigenvalue weighted by Gasteiger charge is -2.11. The number of benzene rings is 1. The Kier molecular flexibility index (Phi) is 4.85. The second-order valence-corrected chi connectivity index (χ2v) is 8.47. The number of rotatable bonds is 5. The van der Waals surface area contributed by atoms with Crippen molar-refractivity contribution in [3.05, 3.63) is 45.5 Å². The summed E-state index contributed by atoms with van der Waals surface area (Å²) in [6, 6.07) is 5.08. The number of nitrogens with one attached hydrogen (secondary N) is 1. The first-order valence-electron chi connectivity index (χ1n) is 9.99. The highest BCUT2D eigenvalue weighted by Crippen LogP contribution is 2.36. The summed E-state index contributed by atoms with van der Waals surface area (Å²) >= 11 is 1.67. The maximum absolute atomic E-state index is 12.9. The van der Waals surface area contributed by atoms with Crippen molar-refractivity contribution in [3.63, 3.8) is 0 Å². The van der Waals surface area contributed by atoms with Crippen molar-refractivity contribution < 1.29 is 14.3 Å². The molecule has 3 aromatic heterocycles. The number of anilines is 1. The molecule has 1 amide bonds. The fourth-order valence-corrected chi connectivity index (χ4v) is 5.23. The number of carbonyl (C=O) groups is 1. The first-order valence-corrected chi connectivity index (χ1v) is 10.8.